The van der Waals surface area contributed by atoms with Crippen LogP contribution in [0.2, 0.25) is 0 Å². The highest BCUT2D eigenvalue weighted by molar-refractivity contribution is 5.96. The van der Waals surface area contributed by atoms with Gasteiger partial charge < -0.3 is 10.0 Å². The maximum atomic E-state index is 12.6. The fraction of sp³-hybridized carbons (Fsp3) is 0.333. The van der Waals surface area contributed by atoms with Gasteiger partial charge in [-0.25, -0.2) is 4.79 Å². The van der Waals surface area contributed by atoms with E-state index in [1.54, 1.807) is 6.92 Å². The van der Waals surface area contributed by atoms with Crippen LogP contribution in [-0.2, 0) is 4.79 Å². The van der Waals surface area contributed by atoms with Crippen molar-refractivity contribution in [3.8, 4) is 5.69 Å². The third kappa shape index (κ3) is 2.24. The van der Waals surface area contributed by atoms with Gasteiger partial charge in [0.2, 0.25) is 0 Å². The molecule has 1 aromatic carbocycles. The van der Waals surface area contributed by atoms with Crippen molar-refractivity contribution in [3.05, 3.63) is 42.2 Å². The Bertz CT molecular complexity index is 713. The van der Waals surface area contributed by atoms with Crippen molar-refractivity contribution < 1.29 is 14.7 Å². The molecule has 1 saturated heterocycles. The van der Waals surface area contributed by atoms with Gasteiger partial charge in [0.15, 0.2) is 5.69 Å². The van der Waals surface area contributed by atoms with Gasteiger partial charge in [0.1, 0.15) is 5.54 Å². The largest absolute Gasteiger partial charge is 0.480 e. The second-order valence-electron chi connectivity index (χ2n) is 5.49. The summed E-state index contributed by atoms with van der Waals surface area (Å²) in [7, 11) is 0. The van der Waals surface area contributed by atoms with Crippen LogP contribution in [0.3, 0.4) is 0 Å². The minimum atomic E-state index is -1.17. The van der Waals surface area contributed by atoms with E-state index in [2.05, 4.69) is 10.2 Å². The molecule has 1 aliphatic rings. The molecule has 2 aromatic rings. The van der Waals surface area contributed by atoms with Crippen molar-refractivity contribution in [2.45, 2.75) is 25.3 Å². The number of carbonyl (C=O) groups is 2. The second kappa shape index (κ2) is 5.25. The lowest BCUT2D eigenvalue weighted by molar-refractivity contribution is -0.147. The molecule has 1 aromatic heterocycles. The number of carboxylic acids is 1. The Morgan fingerprint density at radius 2 is 2.00 bits per heavy atom. The molecule has 1 N–H and O–H groups in total. The maximum absolute atomic E-state index is 12.6. The predicted molar refractivity (Wildman–Crippen MR) is 77.7 cm³/mol. The van der Waals surface area contributed by atoms with Crippen LogP contribution in [0, 0.1) is 0 Å². The minimum Gasteiger partial charge on any atom is -0.480 e. The fourth-order valence-electron chi connectivity index (χ4n) is 2.70. The number of rotatable bonds is 3. The number of hydrogen-bond acceptors (Lipinski definition) is 4. The number of carboxylic acid groups (broad SMARTS) is 1. The Kier molecular flexibility index (Phi) is 3.40. The summed E-state index contributed by atoms with van der Waals surface area (Å²) in [4.78, 5) is 26.8. The average molecular weight is 300 g/mol. The molecule has 1 fully saturated rings. The summed E-state index contributed by atoms with van der Waals surface area (Å²) < 4.78 is 0. The summed E-state index contributed by atoms with van der Waals surface area (Å²) in [5.41, 5.74) is -0.282. The summed E-state index contributed by atoms with van der Waals surface area (Å²) in [6, 6.07) is 9.23. The van der Waals surface area contributed by atoms with Gasteiger partial charge in [0.25, 0.3) is 5.91 Å². The quantitative estimate of drug-likeness (QED) is 0.924. The Morgan fingerprint density at radius 1 is 1.27 bits per heavy atom. The first kappa shape index (κ1) is 14.2. The summed E-state index contributed by atoms with van der Waals surface area (Å²) in [5.74, 6) is -1.39. The molecule has 114 valence electrons. The highest BCUT2D eigenvalue weighted by Gasteiger charge is 2.46. The first-order valence-electron chi connectivity index (χ1n) is 7.05. The topological polar surface area (TPSA) is 88.3 Å². The van der Waals surface area contributed by atoms with Gasteiger partial charge in [-0.1, -0.05) is 18.2 Å². The van der Waals surface area contributed by atoms with E-state index in [1.807, 2.05) is 30.3 Å². The summed E-state index contributed by atoms with van der Waals surface area (Å²) in [6.45, 7) is 1.99. The van der Waals surface area contributed by atoms with Crippen LogP contribution < -0.4 is 0 Å². The van der Waals surface area contributed by atoms with Crippen LogP contribution in [0.5, 0.6) is 0 Å². The molecule has 7 heteroatoms. The normalized spacial score (nSPS) is 21.0. The molecular formula is C15H16N4O3. The number of likely N-dealkylation sites (tertiary alicyclic amines) is 1. The van der Waals surface area contributed by atoms with E-state index in [0.717, 1.165) is 5.69 Å². The Balaban J connectivity index is 1.88. The Hall–Kier alpha value is -2.70. The molecule has 7 nitrogen and oxygen atoms in total. The number of benzene rings is 1. The lowest BCUT2D eigenvalue weighted by Crippen LogP contribution is -2.50. The Morgan fingerprint density at radius 3 is 2.68 bits per heavy atom. The second-order valence-corrected chi connectivity index (χ2v) is 5.49. The van der Waals surface area contributed by atoms with E-state index < -0.39 is 17.4 Å². The van der Waals surface area contributed by atoms with Crippen LogP contribution in [0.25, 0.3) is 5.69 Å². The number of para-hydroxylation sites is 1. The molecule has 0 radical (unpaired) electrons. The highest BCUT2D eigenvalue weighted by atomic mass is 16.4. The van der Waals surface area contributed by atoms with Gasteiger partial charge in [-0.3, -0.25) is 4.79 Å². The molecule has 0 aliphatic carbocycles. The smallest absolute Gasteiger partial charge is 0.329 e. The van der Waals surface area contributed by atoms with Crippen LogP contribution in [0.15, 0.2) is 36.5 Å². The molecule has 0 spiro atoms. The minimum absolute atomic E-state index is 0.151. The zero-order chi connectivity index (χ0) is 15.7. The van der Waals surface area contributed by atoms with Gasteiger partial charge in [0, 0.05) is 6.54 Å². The maximum Gasteiger partial charge on any atom is 0.329 e. The molecule has 1 unspecified atom stereocenters. The molecule has 0 bridgehead atoms. The lowest BCUT2D eigenvalue weighted by atomic mass is 9.99. The van der Waals surface area contributed by atoms with Crippen molar-refractivity contribution >= 4 is 11.9 Å². The molecule has 3 rings (SSSR count). The fourth-order valence-corrected chi connectivity index (χ4v) is 2.70. The number of nitrogens with zero attached hydrogens (tertiary/aromatic N) is 4. The van der Waals surface area contributed by atoms with Crippen molar-refractivity contribution in [2.75, 3.05) is 6.54 Å². The van der Waals surface area contributed by atoms with Crippen LogP contribution in [-0.4, -0.2) is 49.0 Å². The zero-order valence-electron chi connectivity index (χ0n) is 12.1. The summed E-state index contributed by atoms with van der Waals surface area (Å²) >= 11 is 0. The van der Waals surface area contributed by atoms with E-state index in [0.29, 0.717) is 19.4 Å². The third-order valence-electron chi connectivity index (χ3n) is 4.05. The number of hydrogen-bond donors (Lipinski definition) is 1. The number of amides is 1. The van der Waals surface area contributed by atoms with Crippen LogP contribution >= 0.6 is 0 Å². The van der Waals surface area contributed by atoms with Gasteiger partial charge >= 0.3 is 5.97 Å². The van der Waals surface area contributed by atoms with Crippen LogP contribution in [0.1, 0.15) is 30.3 Å². The molecule has 2 heterocycles. The van der Waals surface area contributed by atoms with Crippen molar-refractivity contribution in [1.82, 2.24) is 19.9 Å². The Labute approximate surface area is 127 Å². The number of aromatic nitrogens is 3. The molecule has 1 aliphatic heterocycles. The van der Waals surface area contributed by atoms with Gasteiger partial charge in [-0.05, 0) is 31.9 Å². The van der Waals surface area contributed by atoms with Gasteiger partial charge in [-0.15, -0.1) is 5.10 Å². The third-order valence-corrected chi connectivity index (χ3v) is 4.05. The van der Waals surface area contributed by atoms with Gasteiger partial charge in [0.05, 0.1) is 11.9 Å². The van der Waals surface area contributed by atoms with Crippen molar-refractivity contribution in [2.24, 2.45) is 0 Å². The molecule has 1 amide bonds. The standard InChI is InChI=1S/C15H16N4O3/c1-15(14(21)22)8-5-9-18(15)13(20)12-10-16-19(17-12)11-6-3-2-4-7-11/h2-4,6-7,10H,5,8-9H2,1H3,(H,21,22). The van der Waals surface area contributed by atoms with Crippen molar-refractivity contribution in [1.29, 1.82) is 0 Å². The van der Waals surface area contributed by atoms with E-state index in [-0.39, 0.29) is 5.69 Å². The van der Waals surface area contributed by atoms with Crippen molar-refractivity contribution in [3.63, 3.8) is 0 Å². The lowest BCUT2D eigenvalue weighted by Gasteiger charge is -2.30. The molecule has 1 atom stereocenters. The predicted octanol–water partition coefficient (Wildman–Crippen LogP) is 1.35. The number of carbonyl (C=O) groups excluding carboxylic acids is 1. The SMILES string of the molecule is CC1(C(=O)O)CCCN1C(=O)c1cnn(-c2ccccc2)n1. The van der Waals surface area contributed by atoms with E-state index in [4.69, 9.17) is 0 Å². The van der Waals surface area contributed by atoms with E-state index in [1.165, 1.54) is 15.9 Å². The molecule has 22 heavy (non-hydrogen) atoms. The first-order valence-corrected chi connectivity index (χ1v) is 7.05. The van der Waals surface area contributed by atoms with Gasteiger partial charge in [-0.2, -0.15) is 9.90 Å². The first-order chi connectivity index (χ1) is 10.5. The number of aliphatic carboxylic acids is 1. The molecule has 0 saturated carbocycles. The highest BCUT2D eigenvalue weighted by Crippen LogP contribution is 2.30. The molecular weight excluding hydrogens is 284 g/mol. The summed E-state index contributed by atoms with van der Waals surface area (Å²) in [6.07, 6.45) is 2.48. The summed E-state index contributed by atoms with van der Waals surface area (Å²) in [5, 5.41) is 17.6. The van der Waals surface area contributed by atoms with Crippen LogP contribution in [0.4, 0.5) is 0 Å². The monoisotopic (exact) mass is 300 g/mol. The zero-order valence-corrected chi connectivity index (χ0v) is 12.1. The van der Waals surface area contributed by atoms with E-state index >= 15 is 0 Å². The average Bonchev–Trinajstić information content (AvgIpc) is 3.15. The van der Waals surface area contributed by atoms with E-state index in [9.17, 15) is 14.7 Å².